The van der Waals surface area contributed by atoms with E-state index in [2.05, 4.69) is 9.84 Å². The molecule has 0 spiro atoms. The number of nitro groups is 1. The molecule has 7 nitrogen and oxygen atoms in total. The first kappa shape index (κ1) is 9.33. The lowest BCUT2D eigenvalue weighted by Gasteiger charge is -1.98. The maximum atomic E-state index is 10.5. The topological polar surface area (TPSA) is 87.3 Å². The highest BCUT2D eigenvalue weighted by Crippen LogP contribution is 2.14. The molecule has 1 aromatic heterocycles. The van der Waals surface area contributed by atoms with Crippen LogP contribution in [-0.4, -0.2) is 28.1 Å². The Labute approximate surface area is 73.1 Å². The minimum atomic E-state index is -0.664. The third-order valence-corrected chi connectivity index (χ3v) is 1.42. The largest absolute Gasteiger partial charge is 0.362 e. The molecular weight excluding hydrogens is 178 g/mol. The molecule has 7 heteroatoms. The van der Waals surface area contributed by atoms with Crippen LogP contribution in [0.25, 0.3) is 0 Å². The second kappa shape index (κ2) is 3.76. The molecule has 13 heavy (non-hydrogen) atoms. The summed E-state index contributed by atoms with van der Waals surface area (Å²) in [5.74, 6) is 0. The van der Waals surface area contributed by atoms with E-state index in [1.165, 1.54) is 7.11 Å². The predicted molar refractivity (Wildman–Crippen MR) is 41.3 cm³/mol. The van der Waals surface area contributed by atoms with Crippen LogP contribution < -0.4 is 0 Å². The van der Waals surface area contributed by atoms with Crippen molar-refractivity contribution in [3.8, 4) is 0 Å². The van der Waals surface area contributed by atoms with Gasteiger partial charge in [-0.1, -0.05) is 0 Å². The molecule has 1 aromatic rings. The number of aromatic nitrogens is 2. The summed E-state index contributed by atoms with van der Waals surface area (Å²) in [5.41, 5.74) is -0.404. The number of hydrogen-bond donors (Lipinski definition) is 0. The number of aldehydes is 1. The first-order chi connectivity index (χ1) is 6.20. The Morgan fingerprint density at radius 3 is 3.00 bits per heavy atom. The Balaban J connectivity index is 3.10. The van der Waals surface area contributed by atoms with Crippen molar-refractivity contribution >= 4 is 12.0 Å². The summed E-state index contributed by atoms with van der Waals surface area (Å²) in [6.07, 6.45) is 1.40. The Bertz CT molecular complexity index is 333. The molecule has 0 aliphatic rings. The molecule has 0 aliphatic carbocycles. The first-order valence-corrected chi connectivity index (χ1v) is 3.35. The summed E-state index contributed by atoms with van der Waals surface area (Å²) in [7, 11) is 1.40. The number of hydrogen-bond acceptors (Lipinski definition) is 5. The summed E-state index contributed by atoms with van der Waals surface area (Å²) < 4.78 is 5.80. The van der Waals surface area contributed by atoms with E-state index in [0.717, 1.165) is 10.9 Å². The van der Waals surface area contributed by atoms with Gasteiger partial charge < -0.3 is 4.74 Å². The maximum Gasteiger partial charge on any atom is 0.317 e. The zero-order chi connectivity index (χ0) is 9.84. The highest BCUT2D eigenvalue weighted by molar-refractivity contribution is 5.78. The van der Waals surface area contributed by atoms with Crippen LogP contribution in [0.2, 0.25) is 0 Å². The molecule has 1 heterocycles. The summed E-state index contributed by atoms with van der Waals surface area (Å²) in [5, 5.41) is 14.0. The van der Waals surface area contributed by atoms with Crippen molar-refractivity contribution in [2.75, 3.05) is 7.11 Å². The van der Waals surface area contributed by atoms with Gasteiger partial charge in [0.15, 0.2) is 12.0 Å². The van der Waals surface area contributed by atoms with Crippen molar-refractivity contribution in [1.82, 2.24) is 9.78 Å². The van der Waals surface area contributed by atoms with Crippen molar-refractivity contribution < 1.29 is 14.5 Å². The number of nitrogens with zero attached hydrogens (tertiary/aromatic N) is 3. The molecule has 0 unspecified atom stereocenters. The fourth-order valence-corrected chi connectivity index (χ4v) is 0.872. The van der Waals surface area contributed by atoms with Gasteiger partial charge in [-0.15, -0.1) is 0 Å². The van der Waals surface area contributed by atoms with Gasteiger partial charge in [0.1, 0.15) is 12.9 Å². The van der Waals surface area contributed by atoms with Crippen LogP contribution in [0.3, 0.4) is 0 Å². The molecule has 70 valence electrons. The monoisotopic (exact) mass is 185 g/mol. The van der Waals surface area contributed by atoms with E-state index >= 15 is 0 Å². The van der Waals surface area contributed by atoms with Gasteiger partial charge in [0, 0.05) is 7.11 Å². The zero-order valence-corrected chi connectivity index (χ0v) is 6.84. The first-order valence-electron chi connectivity index (χ1n) is 3.35. The molecule has 0 radical (unpaired) electrons. The minimum Gasteiger partial charge on any atom is -0.362 e. The molecule has 0 aliphatic heterocycles. The average Bonchev–Trinajstić information content (AvgIpc) is 2.48. The van der Waals surface area contributed by atoms with Crippen molar-refractivity contribution in [1.29, 1.82) is 0 Å². The molecule has 0 N–H and O–H groups in total. The lowest BCUT2D eigenvalue weighted by Crippen LogP contribution is -2.06. The number of rotatable bonds is 4. The van der Waals surface area contributed by atoms with E-state index in [9.17, 15) is 14.9 Å². The fourth-order valence-electron chi connectivity index (χ4n) is 0.872. The van der Waals surface area contributed by atoms with Crippen molar-refractivity contribution in [2.45, 2.75) is 6.73 Å². The summed E-state index contributed by atoms with van der Waals surface area (Å²) >= 11 is 0. The van der Waals surface area contributed by atoms with E-state index in [4.69, 9.17) is 0 Å². The van der Waals surface area contributed by atoms with Crippen LogP contribution in [-0.2, 0) is 11.5 Å². The van der Waals surface area contributed by atoms with Crippen molar-refractivity contribution in [2.24, 2.45) is 0 Å². The Hall–Kier alpha value is -1.76. The van der Waals surface area contributed by atoms with Crippen LogP contribution in [0.1, 0.15) is 10.5 Å². The molecule has 1 rings (SSSR count). The number of carbonyl (C=O) groups is 1. The van der Waals surface area contributed by atoms with E-state index in [0.29, 0.717) is 6.29 Å². The third-order valence-electron chi connectivity index (χ3n) is 1.42. The van der Waals surface area contributed by atoms with Gasteiger partial charge in [-0.05, 0) is 0 Å². The van der Waals surface area contributed by atoms with E-state index in [1.54, 1.807) is 0 Å². The van der Waals surface area contributed by atoms with Gasteiger partial charge in [-0.3, -0.25) is 14.9 Å². The number of methoxy groups -OCH3 is 1. The number of ether oxygens (including phenoxy) is 1. The van der Waals surface area contributed by atoms with Gasteiger partial charge in [-0.25, -0.2) is 4.68 Å². The predicted octanol–water partition coefficient (Wildman–Crippen LogP) is 0.208. The Morgan fingerprint density at radius 1 is 1.85 bits per heavy atom. The number of carbonyl (C=O) groups excluding carboxylic acids is 1. The van der Waals surface area contributed by atoms with Gasteiger partial charge >= 0.3 is 5.69 Å². The highest BCUT2D eigenvalue weighted by atomic mass is 16.6. The second-order valence-corrected chi connectivity index (χ2v) is 2.21. The van der Waals surface area contributed by atoms with Gasteiger partial charge in [0.2, 0.25) is 0 Å². The van der Waals surface area contributed by atoms with Crippen LogP contribution in [0.5, 0.6) is 0 Å². The Morgan fingerprint density at radius 2 is 2.54 bits per heavy atom. The SMILES string of the molecule is COCn1ncc([N+](=O)[O-])c1C=O. The molecule has 0 saturated carbocycles. The van der Waals surface area contributed by atoms with Crippen LogP contribution in [0.4, 0.5) is 5.69 Å². The van der Waals surface area contributed by atoms with Crippen LogP contribution in [0, 0.1) is 10.1 Å². The van der Waals surface area contributed by atoms with E-state index < -0.39 is 4.92 Å². The molecule has 0 amide bonds. The van der Waals surface area contributed by atoms with Crippen LogP contribution >= 0.6 is 0 Å². The molecule has 0 aromatic carbocycles. The van der Waals surface area contributed by atoms with E-state index in [-0.39, 0.29) is 18.1 Å². The van der Waals surface area contributed by atoms with Gasteiger partial charge in [0.05, 0.1) is 4.92 Å². The average molecular weight is 185 g/mol. The van der Waals surface area contributed by atoms with Crippen molar-refractivity contribution in [3.05, 3.63) is 22.0 Å². The Kier molecular flexibility index (Phi) is 2.70. The molecule has 0 saturated heterocycles. The van der Waals surface area contributed by atoms with Crippen molar-refractivity contribution in [3.63, 3.8) is 0 Å². The normalized spacial score (nSPS) is 9.92. The molecular formula is C6H7N3O4. The molecule has 0 bridgehead atoms. The smallest absolute Gasteiger partial charge is 0.317 e. The second-order valence-electron chi connectivity index (χ2n) is 2.21. The lowest BCUT2D eigenvalue weighted by molar-refractivity contribution is -0.385. The zero-order valence-electron chi connectivity index (χ0n) is 6.84. The summed E-state index contributed by atoms with van der Waals surface area (Å²) in [6.45, 7) is 0.0158. The highest BCUT2D eigenvalue weighted by Gasteiger charge is 2.19. The minimum absolute atomic E-state index is 0.0158. The van der Waals surface area contributed by atoms with Crippen LogP contribution in [0.15, 0.2) is 6.20 Å². The summed E-state index contributed by atoms with van der Waals surface area (Å²) in [4.78, 5) is 20.2. The summed E-state index contributed by atoms with van der Waals surface area (Å²) in [6, 6.07) is 0. The maximum absolute atomic E-state index is 10.5. The standard InChI is InChI=1S/C6H7N3O4/c1-13-4-8-6(3-10)5(2-7-8)9(11)12/h2-3H,4H2,1H3. The third kappa shape index (κ3) is 1.70. The molecule has 0 atom stereocenters. The molecule has 0 fully saturated rings. The van der Waals surface area contributed by atoms with E-state index in [1.807, 2.05) is 0 Å². The lowest BCUT2D eigenvalue weighted by atomic mass is 10.4. The quantitative estimate of drug-likeness (QED) is 0.380. The van der Waals surface area contributed by atoms with Gasteiger partial charge in [0.25, 0.3) is 0 Å². The van der Waals surface area contributed by atoms with Gasteiger partial charge in [-0.2, -0.15) is 5.10 Å². The fraction of sp³-hybridized carbons (Fsp3) is 0.333.